The fraction of sp³-hybridized carbons (Fsp3) is 0.238. The minimum Gasteiger partial charge on any atom is -0.490 e. The van der Waals surface area contributed by atoms with Gasteiger partial charge in [-0.1, -0.05) is 24.8 Å². The quantitative estimate of drug-likeness (QED) is 0.664. The van der Waals surface area contributed by atoms with Crippen LogP contribution in [0.1, 0.15) is 18.2 Å². The molecule has 1 atom stereocenters. The lowest BCUT2D eigenvalue weighted by atomic mass is 10.1. The van der Waals surface area contributed by atoms with Crippen molar-refractivity contribution < 1.29 is 14.2 Å². The van der Waals surface area contributed by atoms with Crippen LogP contribution in [0.4, 0.5) is 5.95 Å². The second-order valence-electron chi connectivity index (χ2n) is 6.83. The highest BCUT2D eigenvalue weighted by atomic mass is 16.5. The summed E-state index contributed by atoms with van der Waals surface area (Å²) in [7, 11) is 0. The fourth-order valence-corrected chi connectivity index (χ4v) is 3.57. The van der Waals surface area contributed by atoms with Gasteiger partial charge in [0, 0.05) is 24.1 Å². The number of rotatable bonds is 4. The summed E-state index contributed by atoms with van der Waals surface area (Å²) >= 11 is 0. The first-order valence-corrected chi connectivity index (χ1v) is 9.48. The molecule has 0 unspecified atom stereocenters. The van der Waals surface area contributed by atoms with Gasteiger partial charge in [0.15, 0.2) is 23.6 Å². The molecule has 3 N–H and O–H groups in total. The van der Waals surface area contributed by atoms with E-state index in [4.69, 9.17) is 24.9 Å². The van der Waals surface area contributed by atoms with Gasteiger partial charge in [-0.2, -0.15) is 0 Å². The summed E-state index contributed by atoms with van der Waals surface area (Å²) in [6.07, 6.45) is 2.18. The van der Waals surface area contributed by atoms with Gasteiger partial charge in [0.05, 0.1) is 24.2 Å². The van der Waals surface area contributed by atoms with Crippen molar-refractivity contribution in [2.75, 3.05) is 25.1 Å². The molecule has 2 aliphatic heterocycles. The largest absolute Gasteiger partial charge is 0.490 e. The van der Waals surface area contributed by atoms with Gasteiger partial charge in [0.25, 0.3) is 0 Å². The average Bonchev–Trinajstić information content (AvgIpc) is 2.91. The van der Waals surface area contributed by atoms with Gasteiger partial charge < -0.3 is 19.9 Å². The Balaban J connectivity index is 1.63. The van der Waals surface area contributed by atoms with Gasteiger partial charge in [0.1, 0.15) is 12.4 Å². The maximum absolute atomic E-state index is 6.05. The summed E-state index contributed by atoms with van der Waals surface area (Å²) in [5.74, 6) is 3.09. The van der Waals surface area contributed by atoms with E-state index in [-0.39, 0.29) is 6.17 Å². The Kier molecular flexibility index (Phi) is 4.23. The van der Waals surface area contributed by atoms with Crippen LogP contribution in [0.2, 0.25) is 0 Å². The number of nitrogens with one attached hydrogen (secondary N) is 1. The van der Waals surface area contributed by atoms with Gasteiger partial charge in [-0.3, -0.25) is 9.88 Å². The maximum atomic E-state index is 6.05. The molecule has 5 rings (SSSR count). The van der Waals surface area contributed by atoms with Crippen LogP contribution in [-0.4, -0.2) is 35.3 Å². The molecule has 8 heteroatoms. The van der Waals surface area contributed by atoms with E-state index in [1.165, 1.54) is 0 Å². The van der Waals surface area contributed by atoms with E-state index in [0.29, 0.717) is 43.2 Å². The van der Waals surface area contributed by atoms with Crippen molar-refractivity contribution in [2.45, 2.75) is 12.6 Å². The van der Waals surface area contributed by atoms with Crippen LogP contribution >= 0.6 is 0 Å². The Hall–Kier alpha value is -3.68. The highest BCUT2D eigenvalue weighted by Gasteiger charge is 2.27. The first kappa shape index (κ1) is 17.4. The molecule has 29 heavy (non-hydrogen) atoms. The van der Waals surface area contributed by atoms with Crippen LogP contribution in [-0.2, 0) is 0 Å². The lowest BCUT2D eigenvalue weighted by Gasteiger charge is -2.24. The second-order valence-corrected chi connectivity index (χ2v) is 6.83. The molecule has 0 spiro atoms. The van der Waals surface area contributed by atoms with Gasteiger partial charge in [0.2, 0.25) is 5.95 Å². The average molecular weight is 391 g/mol. The SMILES string of the molecule is C=CCOc1cccc([C@H]2N=C(N)Nc3nc4cc5c(cc4n32)OCCCO5)c1. The van der Waals surface area contributed by atoms with Crippen molar-refractivity contribution in [3.63, 3.8) is 0 Å². The highest BCUT2D eigenvalue weighted by molar-refractivity contribution is 5.95. The molecule has 0 radical (unpaired) electrons. The van der Waals surface area contributed by atoms with E-state index in [1.54, 1.807) is 6.08 Å². The molecule has 2 aromatic carbocycles. The first-order valence-electron chi connectivity index (χ1n) is 9.48. The predicted molar refractivity (Wildman–Crippen MR) is 111 cm³/mol. The minimum absolute atomic E-state index is 0.310. The molecule has 0 fully saturated rings. The standard InChI is InChI=1S/C21H21N5O3/c1-2-7-27-14-6-3-5-13(10-14)19-24-20(22)25-21-23-15-11-17-18(12-16(15)26(19)21)29-9-4-8-28-17/h2-3,5-6,10-12,19H,1,4,7-9H2,(H3,22,23,24,25)/t19-/m0/s1. The summed E-state index contributed by atoms with van der Waals surface area (Å²) in [6.45, 7) is 5.37. The van der Waals surface area contributed by atoms with Crippen LogP contribution in [0.15, 0.2) is 54.0 Å². The highest BCUT2D eigenvalue weighted by Crippen LogP contribution is 2.39. The van der Waals surface area contributed by atoms with Crippen molar-refractivity contribution in [1.82, 2.24) is 9.55 Å². The maximum Gasteiger partial charge on any atom is 0.212 e. The Labute approximate surface area is 167 Å². The molecule has 148 valence electrons. The van der Waals surface area contributed by atoms with Crippen molar-refractivity contribution in [1.29, 1.82) is 0 Å². The molecule has 0 amide bonds. The summed E-state index contributed by atoms with van der Waals surface area (Å²) in [5, 5.41) is 3.05. The molecule has 3 heterocycles. The van der Waals surface area contributed by atoms with Crippen LogP contribution in [0, 0.1) is 0 Å². The Morgan fingerprint density at radius 2 is 2.07 bits per heavy atom. The molecule has 0 saturated heterocycles. The lowest BCUT2D eigenvalue weighted by molar-refractivity contribution is 0.297. The molecule has 2 aliphatic rings. The zero-order chi connectivity index (χ0) is 19.8. The topological polar surface area (TPSA) is 95.9 Å². The van der Waals surface area contributed by atoms with Gasteiger partial charge in [-0.05, 0) is 12.1 Å². The zero-order valence-electron chi connectivity index (χ0n) is 15.8. The van der Waals surface area contributed by atoms with Gasteiger partial charge in [-0.25, -0.2) is 9.98 Å². The molecular formula is C21H21N5O3. The number of nitrogens with zero attached hydrogens (tertiary/aromatic N) is 3. The minimum atomic E-state index is -0.381. The van der Waals surface area contributed by atoms with E-state index in [0.717, 1.165) is 28.8 Å². The van der Waals surface area contributed by atoms with Crippen LogP contribution in [0.5, 0.6) is 17.2 Å². The van der Waals surface area contributed by atoms with E-state index in [9.17, 15) is 0 Å². The third kappa shape index (κ3) is 3.12. The predicted octanol–water partition coefficient (Wildman–Crippen LogP) is 3.05. The summed E-state index contributed by atoms with van der Waals surface area (Å²) in [5.41, 5.74) is 8.65. The van der Waals surface area contributed by atoms with Crippen LogP contribution < -0.4 is 25.3 Å². The summed E-state index contributed by atoms with van der Waals surface area (Å²) in [6, 6.07) is 11.6. The van der Waals surface area contributed by atoms with Crippen molar-refractivity contribution >= 4 is 22.9 Å². The summed E-state index contributed by atoms with van der Waals surface area (Å²) in [4.78, 5) is 9.33. The number of imidazole rings is 1. The second kappa shape index (κ2) is 7.05. The third-order valence-corrected chi connectivity index (χ3v) is 4.83. The van der Waals surface area contributed by atoms with Crippen LogP contribution in [0.25, 0.3) is 11.0 Å². The number of guanidine groups is 1. The number of hydrogen-bond donors (Lipinski definition) is 2. The van der Waals surface area contributed by atoms with Gasteiger partial charge >= 0.3 is 0 Å². The van der Waals surface area contributed by atoms with E-state index >= 15 is 0 Å². The molecule has 3 aromatic rings. The Bertz CT molecular complexity index is 1120. The molecule has 1 aromatic heterocycles. The van der Waals surface area contributed by atoms with Gasteiger partial charge in [-0.15, -0.1) is 0 Å². The summed E-state index contributed by atoms with van der Waals surface area (Å²) < 4.78 is 19.4. The van der Waals surface area contributed by atoms with E-state index in [2.05, 4.69) is 16.9 Å². The number of hydrogen-bond acceptors (Lipinski definition) is 7. The van der Waals surface area contributed by atoms with Crippen molar-refractivity contribution in [3.8, 4) is 17.2 Å². The number of ether oxygens (including phenoxy) is 3. The number of aromatic nitrogens is 2. The molecule has 0 bridgehead atoms. The normalized spacial score (nSPS) is 17.7. The molecular weight excluding hydrogens is 370 g/mol. The number of aliphatic imine (C=N–C) groups is 1. The van der Waals surface area contributed by atoms with E-state index < -0.39 is 0 Å². The molecule has 0 aliphatic carbocycles. The lowest BCUT2D eigenvalue weighted by Crippen LogP contribution is -2.31. The Morgan fingerprint density at radius 3 is 2.90 bits per heavy atom. The fourth-order valence-electron chi connectivity index (χ4n) is 3.57. The zero-order valence-corrected chi connectivity index (χ0v) is 15.8. The van der Waals surface area contributed by atoms with Crippen molar-refractivity contribution in [3.05, 3.63) is 54.6 Å². The first-order chi connectivity index (χ1) is 14.2. The number of benzene rings is 2. The third-order valence-electron chi connectivity index (χ3n) is 4.83. The smallest absolute Gasteiger partial charge is 0.212 e. The number of anilines is 1. The number of fused-ring (bicyclic) bond motifs is 4. The van der Waals surface area contributed by atoms with Crippen molar-refractivity contribution in [2.24, 2.45) is 10.7 Å². The molecule has 0 saturated carbocycles. The number of nitrogens with two attached hydrogens (primary N) is 1. The van der Waals surface area contributed by atoms with E-state index in [1.807, 2.05) is 41.0 Å². The van der Waals surface area contributed by atoms with Crippen LogP contribution in [0.3, 0.4) is 0 Å². The Morgan fingerprint density at radius 1 is 1.24 bits per heavy atom. The molecule has 8 nitrogen and oxygen atoms in total. The monoisotopic (exact) mass is 391 g/mol.